The van der Waals surface area contributed by atoms with Gasteiger partial charge in [-0.25, -0.2) is 9.59 Å². The highest BCUT2D eigenvalue weighted by atomic mass is 16.4. The first-order valence-electron chi connectivity index (χ1n) is 2.85. The number of hydrogen-bond donors (Lipinski definition) is 4. The fourth-order valence-corrected chi connectivity index (χ4v) is 0.488. The van der Waals surface area contributed by atoms with Crippen LogP contribution in [-0.2, 0) is 4.79 Å². The number of carbonyl (C=O) groups is 2. The van der Waals surface area contributed by atoms with Gasteiger partial charge in [-0.1, -0.05) is 0 Å². The molecule has 6 heteroatoms. The van der Waals surface area contributed by atoms with Crippen molar-refractivity contribution in [2.24, 2.45) is 0 Å². The highest BCUT2D eigenvalue weighted by molar-refractivity contribution is 5.74. The van der Waals surface area contributed by atoms with Gasteiger partial charge in [-0.05, 0) is 6.92 Å². The summed E-state index contributed by atoms with van der Waals surface area (Å²) in [6.07, 6.45) is -3.07. The molecule has 0 rings (SSSR count). The van der Waals surface area contributed by atoms with Crippen molar-refractivity contribution in [3.8, 4) is 0 Å². The normalized spacial score (nSPS) is 15.1. The summed E-state index contributed by atoms with van der Waals surface area (Å²) in [5.41, 5.74) is 0. The molecule has 0 bridgehead atoms. The molecule has 0 aromatic rings. The lowest BCUT2D eigenvalue weighted by atomic mass is 10.2. The van der Waals surface area contributed by atoms with Crippen LogP contribution in [-0.4, -0.2) is 39.5 Å². The molecule has 0 aliphatic carbocycles. The van der Waals surface area contributed by atoms with Gasteiger partial charge >= 0.3 is 12.1 Å². The van der Waals surface area contributed by atoms with Gasteiger partial charge in [0, 0.05) is 0 Å². The molecular weight excluding hydrogens is 154 g/mol. The minimum Gasteiger partial charge on any atom is -0.479 e. The Bertz CT molecular complexity index is 168. The van der Waals surface area contributed by atoms with E-state index in [2.05, 4.69) is 0 Å². The Morgan fingerprint density at radius 1 is 1.36 bits per heavy atom. The molecule has 0 saturated carbocycles. The van der Waals surface area contributed by atoms with Gasteiger partial charge in [-0.15, -0.1) is 0 Å². The van der Waals surface area contributed by atoms with Crippen LogP contribution in [0.15, 0.2) is 0 Å². The Morgan fingerprint density at radius 3 is 2.09 bits per heavy atom. The second-order valence-corrected chi connectivity index (χ2v) is 2.02. The highest BCUT2D eigenvalue weighted by Gasteiger charge is 2.22. The minimum absolute atomic E-state index is 1.01. The summed E-state index contributed by atoms with van der Waals surface area (Å²) in [6, 6.07) is -1.01. The van der Waals surface area contributed by atoms with Crippen molar-refractivity contribution in [1.82, 2.24) is 5.32 Å². The van der Waals surface area contributed by atoms with E-state index in [1.165, 1.54) is 6.92 Å². The molecule has 2 atom stereocenters. The van der Waals surface area contributed by atoms with Crippen LogP contribution in [0.3, 0.4) is 0 Å². The van der Waals surface area contributed by atoms with E-state index in [4.69, 9.17) is 15.3 Å². The Balaban J connectivity index is 3.92. The van der Waals surface area contributed by atoms with Gasteiger partial charge < -0.3 is 20.6 Å². The predicted molar refractivity (Wildman–Crippen MR) is 34.3 cm³/mol. The summed E-state index contributed by atoms with van der Waals surface area (Å²) >= 11 is 0. The lowest BCUT2D eigenvalue weighted by molar-refractivity contribution is -0.147. The maximum absolute atomic E-state index is 10.0. The number of carboxylic acid groups (broad SMARTS) is 2. The Kier molecular flexibility index (Phi) is 3.32. The first-order valence-corrected chi connectivity index (χ1v) is 2.85. The molecule has 0 aliphatic rings. The van der Waals surface area contributed by atoms with Gasteiger partial charge in [0.2, 0.25) is 0 Å². The fourth-order valence-electron chi connectivity index (χ4n) is 0.488. The fraction of sp³-hybridized carbons (Fsp3) is 0.600. The van der Waals surface area contributed by atoms with E-state index in [9.17, 15) is 9.59 Å². The Hall–Kier alpha value is -1.30. The lowest BCUT2D eigenvalue weighted by Crippen LogP contribution is -2.44. The molecule has 0 aromatic heterocycles. The quantitative estimate of drug-likeness (QED) is 0.430. The molecule has 4 N–H and O–H groups in total. The van der Waals surface area contributed by atoms with Crippen LogP contribution < -0.4 is 5.32 Å². The molecule has 11 heavy (non-hydrogen) atoms. The SMILES string of the molecule is C[C@@H](NC(=O)O)[C@H](O)C(=O)O. The van der Waals surface area contributed by atoms with Gasteiger partial charge in [0.05, 0.1) is 6.04 Å². The van der Waals surface area contributed by atoms with Gasteiger partial charge in [-0.2, -0.15) is 0 Å². The van der Waals surface area contributed by atoms with Crippen LogP contribution >= 0.6 is 0 Å². The highest BCUT2D eigenvalue weighted by Crippen LogP contribution is 1.91. The number of nitrogens with one attached hydrogen (secondary N) is 1. The number of rotatable bonds is 3. The summed E-state index contributed by atoms with van der Waals surface area (Å²) in [5, 5.41) is 26.8. The van der Waals surface area contributed by atoms with Gasteiger partial charge in [0.25, 0.3) is 0 Å². The van der Waals surface area contributed by atoms with Crippen LogP contribution in [0.25, 0.3) is 0 Å². The molecule has 0 heterocycles. The number of aliphatic carboxylic acids is 1. The second kappa shape index (κ2) is 3.77. The molecule has 6 nitrogen and oxygen atoms in total. The number of aliphatic hydroxyl groups excluding tert-OH is 1. The largest absolute Gasteiger partial charge is 0.479 e. The molecule has 0 unspecified atom stereocenters. The van der Waals surface area contributed by atoms with Crippen molar-refractivity contribution in [2.45, 2.75) is 19.1 Å². The molecule has 0 aromatic carbocycles. The molecular formula is C5H9NO5. The third-order valence-electron chi connectivity index (χ3n) is 1.08. The summed E-state index contributed by atoms with van der Waals surface area (Å²) in [7, 11) is 0. The van der Waals surface area contributed by atoms with Crippen LogP contribution in [0.4, 0.5) is 4.79 Å². The Labute approximate surface area is 62.5 Å². The standard InChI is InChI=1S/C5H9NO5/c1-2(6-5(10)11)3(7)4(8)9/h2-3,6-7H,1H3,(H,8,9)(H,10,11)/t2-,3+/m1/s1. The summed E-state index contributed by atoms with van der Waals surface area (Å²) in [6.45, 7) is 1.26. The van der Waals surface area contributed by atoms with Crippen molar-refractivity contribution >= 4 is 12.1 Å². The van der Waals surface area contributed by atoms with Crippen molar-refractivity contribution in [2.75, 3.05) is 0 Å². The van der Waals surface area contributed by atoms with Gasteiger partial charge in [-0.3, -0.25) is 0 Å². The number of amides is 1. The second-order valence-electron chi connectivity index (χ2n) is 2.02. The van der Waals surface area contributed by atoms with Crippen LogP contribution in [0.5, 0.6) is 0 Å². The lowest BCUT2D eigenvalue weighted by Gasteiger charge is -2.13. The van der Waals surface area contributed by atoms with E-state index in [0.717, 1.165) is 0 Å². The average molecular weight is 163 g/mol. The smallest absolute Gasteiger partial charge is 0.404 e. The maximum atomic E-state index is 10.0. The molecule has 0 radical (unpaired) electrons. The molecule has 0 fully saturated rings. The molecule has 0 spiro atoms. The van der Waals surface area contributed by atoms with E-state index in [1.54, 1.807) is 0 Å². The van der Waals surface area contributed by atoms with Crippen molar-refractivity contribution in [3.63, 3.8) is 0 Å². The third-order valence-corrected chi connectivity index (χ3v) is 1.08. The zero-order valence-electron chi connectivity index (χ0n) is 5.81. The average Bonchev–Trinajstić information content (AvgIpc) is 1.84. The van der Waals surface area contributed by atoms with Crippen molar-refractivity contribution in [3.05, 3.63) is 0 Å². The number of carboxylic acids is 1. The predicted octanol–water partition coefficient (Wildman–Crippen LogP) is -0.912. The van der Waals surface area contributed by atoms with E-state index < -0.39 is 24.2 Å². The molecule has 0 saturated heterocycles. The van der Waals surface area contributed by atoms with Crippen molar-refractivity contribution in [1.29, 1.82) is 0 Å². The van der Waals surface area contributed by atoms with E-state index in [1.807, 2.05) is 5.32 Å². The van der Waals surface area contributed by atoms with E-state index in [0.29, 0.717) is 0 Å². The monoisotopic (exact) mass is 163 g/mol. The first kappa shape index (κ1) is 9.70. The van der Waals surface area contributed by atoms with Crippen LogP contribution in [0.2, 0.25) is 0 Å². The summed E-state index contributed by atoms with van der Waals surface area (Å²) < 4.78 is 0. The number of aliphatic hydroxyl groups is 1. The van der Waals surface area contributed by atoms with Crippen LogP contribution in [0.1, 0.15) is 6.92 Å². The first-order chi connectivity index (χ1) is 4.95. The van der Waals surface area contributed by atoms with Gasteiger partial charge in [0.1, 0.15) is 0 Å². The minimum atomic E-state index is -1.70. The zero-order chi connectivity index (χ0) is 9.02. The molecule has 64 valence electrons. The summed E-state index contributed by atoms with van der Waals surface area (Å²) in [4.78, 5) is 20.0. The van der Waals surface area contributed by atoms with Crippen LogP contribution in [0, 0.1) is 0 Å². The molecule has 0 aliphatic heterocycles. The topological polar surface area (TPSA) is 107 Å². The van der Waals surface area contributed by atoms with E-state index >= 15 is 0 Å². The Morgan fingerprint density at radius 2 is 1.82 bits per heavy atom. The van der Waals surface area contributed by atoms with E-state index in [-0.39, 0.29) is 0 Å². The molecule has 1 amide bonds. The van der Waals surface area contributed by atoms with Gasteiger partial charge in [0.15, 0.2) is 6.10 Å². The maximum Gasteiger partial charge on any atom is 0.404 e. The van der Waals surface area contributed by atoms with Crippen molar-refractivity contribution < 1.29 is 24.9 Å². The number of hydrogen-bond acceptors (Lipinski definition) is 3. The summed E-state index contributed by atoms with van der Waals surface area (Å²) in [5.74, 6) is -1.45. The zero-order valence-corrected chi connectivity index (χ0v) is 5.81. The third kappa shape index (κ3) is 3.41.